The highest BCUT2D eigenvalue weighted by molar-refractivity contribution is 6.32. The highest BCUT2D eigenvalue weighted by atomic mass is 35.5. The summed E-state index contributed by atoms with van der Waals surface area (Å²) in [6.07, 6.45) is 0. The Balaban J connectivity index is 2.59. The monoisotopic (exact) mass is 314 g/mol. The van der Waals surface area contributed by atoms with E-state index in [1.165, 1.54) is 14.2 Å². The van der Waals surface area contributed by atoms with Crippen LogP contribution in [-0.2, 0) is 14.3 Å². The van der Waals surface area contributed by atoms with Crippen LogP contribution in [0.5, 0.6) is 5.75 Å². The summed E-state index contributed by atoms with van der Waals surface area (Å²) in [6.45, 7) is 2.59. The molecule has 1 amide bonds. The molecule has 1 aromatic carbocycles. The average Bonchev–Trinajstić information content (AvgIpc) is 2.46. The molecule has 6 nitrogen and oxygen atoms in total. The Labute approximate surface area is 129 Å². The van der Waals surface area contributed by atoms with Gasteiger partial charge in [0.25, 0.3) is 0 Å². The van der Waals surface area contributed by atoms with Gasteiger partial charge in [-0.2, -0.15) is 0 Å². The SMILES string of the molecule is CCN(CC(=O)Nc1ccc(OC)c(Cl)c1)CC(=O)OC. The molecule has 1 rings (SSSR count). The standard InChI is InChI=1S/C14H19ClN2O4/c1-4-17(9-14(19)21-3)8-13(18)16-10-5-6-12(20-2)11(15)7-10/h5-7H,4,8-9H2,1-3H3,(H,16,18). The van der Waals surface area contributed by atoms with Crippen LogP contribution in [0, 0.1) is 0 Å². The van der Waals surface area contributed by atoms with Crippen LogP contribution in [0.15, 0.2) is 18.2 Å². The summed E-state index contributed by atoms with van der Waals surface area (Å²) in [5, 5.41) is 3.13. The van der Waals surface area contributed by atoms with Crippen molar-refractivity contribution in [2.75, 3.05) is 39.2 Å². The first kappa shape index (κ1) is 17.3. The van der Waals surface area contributed by atoms with Gasteiger partial charge in [0.1, 0.15) is 5.75 Å². The predicted molar refractivity (Wildman–Crippen MR) is 80.8 cm³/mol. The van der Waals surface area contributed by atoms with Gasteiger partial charge in [0, 0.05) is 5.69 Å². The Morgan fingerprint density at radius 2 is 2.00 bits per heavy atom. The maximum absolute atomic E-state index is 11.9. The van der Waals surface area contributed by atoms with Crippen molar-refractivity contribution in [1.82, 2.24) is 4.90 Å². The number of carbonyl (C=O) groups excluding carboxylic acids is 2. The number of nitrogens with zero attached hydrogens (tertiary/aromatic N) is 1. The topological polar surface area (TPSA) is 67.9 Å². The molecule has 0 aliphatic heterocycles. The first-order valence-corrected chi connectivity index (χ1v) is 6.80. The molecule has 0 aliphatic rings. The van der Waals surface area contributed by atoms with Gasteiger partial charge in [-0.25, -0.2) is 0 Å². The largest absolute Gasteiger partial charge is 0.495 e. The number of hydrogen-bond donors (Lipinski definition) is 1. The van der Waals surface area contributed by atoms with E-state index in [2.05, 4.69) is 10.1 Å². The van der Waals surface area contributed by atoms with E-state index in [-0.39, 0.29) is 25.0 Å². The normalized spacial score (nSPS) is 10.3. The molecule has 1 aromatic rings. The number of methoxy groups -OCH3 is 2. The second kappa shape index (κ2) is 8.49. The lowest BCUT2D eigenvalue weighted by Gasteiger charge is -2.18. The summed E-state index contributed by atoms with van der Waals surface area (Å²) in [6, 6.07) is 4.97. The molecule has 116 valence electrons. The lowest BCUT2D eigenvalue weighted by molar-refractivity contribution is -0.142. The predicted octanol–water partition coefficient (Wildman–Crippen LogP) is 1.78. The van der Waals surface area contributed by atoms with Gasteiger partial charge in [-0.3, -0.25) is 14.5 Å². The fourth-order valence-electron chi connectivity index (χ4n) is 1.67. The maximum atomic E-state index is 11.9. The lowest BCUT2D eigenvalue weighted by atomic mass is 10.3. The minimum Gasteiger partial charge on any atom is -0.495 e. The third-order valence-corrected chi connectivity index (χ3v) is 3.13. The zero-order valence-electron chi connectivity index (χ0n) is 12.3. The molecular weight excluding hydrogens is 296 g/mol. The highest BCUT2D eigenvalue weighted by Gasteiger charge is 2.13. The minimum atomic E-state index is -0.378. The molecule has 0 aliphatic carbocycles. The first-order chi connectivity index (χ1) is 9.99. The van der Waals surface area contributed by atoms with Gasteiger partial charge in [-0.05, 0) is 24.7 Å². The van der Waals surface area contributed by atoms with Crippen LogP contribution in [0.2, 0.25) is 5.02 Å². The van der Waals surface area contributed by atoms with Crippen LogP contribution in [0.25, 0.3) is 0 Å². The number of likely N-dealkylation sites (N-methyl/N-ethyl adjacent to an activating group) is 1. The maximum Gasteiger partial charge on any atom is 0.319 e. The zero-order valence-corrected chi connectivity index (χ0v) is 13.1. The smallest absolute Gasteiger partial charge is 0.319 e. The highest BCUT2D eigenvalue weighted by Crippen LogP contribution is 2.27. The van der Waals surface area contributed by atoms with Crippen LogP contribution in [0.3, 0.4) is 0 Å². The number of halogens is 1. The number of rotatable bonds is 7. The van der Waals surface area contributed by atoms with Crippen molar-refractivity contribution in [2.24, 2.45) is 0 Å². The van der Waals surface area contributed by atoms with Gasteiger partial charge >= 0.3 is 5.97 Å². The zero-order chi connectivity index (χ0) is 15.8. The molecular formula is C14H19ClN2O4. The Hall–Kier alpha value is -1.79. The van der Waals surface area contributed by atoms with Crippen molar-refractivity contribution in [2.45, 2.75) is 6.92 Å². The number of benzene rings is 1. The Morgan fingerprint density at radius 1 is 1.29 bits per heavy atom. The van der Waals surface area contributed by atoms with Gasteiger partial charge in [-0.15, -0.1) is 0 Å². The number of esters is 1. The number of carbonyl (C=O) groups is 2. The number of nitrogens with one attached hydrogen (secondary N) is 1. The molecule has 0 saturated carbocycles. The van der Waals surface area contributed by atoms with Crippen molar-refractivity contribution in [3.63, 3.8) is 0 Å². The lowest BCUT2D eigenvalue weighted by Crippen LogP contribution is -2.37. The Kier molecular flexibility index (Phi) is 6.98. The number of ether oxygens (including phenoxy) is 2. The second-order valence-corrected chi connectivity index (χ2v) is 4.68. The van der Waals surface area contributed by atoms with Crippen molar-refractivity contribution in [3.8, 4) is 5.75 Å². The van der Waals surface area contributed by atoms with Gasteiger partial charge < -0.3 is 14.8 Å². The van der Waals surface area contributed by atoms with Crippen LogP contribution >= 0.6 is 11.6 Å². The van der Waals surface area contributed by atoms with E-state index in [4.69, 9.17) is 16.3 Å². The summed E-state index contributed by atoms with van der Waals surface area (Å²) in [7, 11) is 2.83. The molecule has 0 saturated heterocycles. The van der Waals surface area contributed by atoms with E-state index in [0.29, 0.717) is 23.0 Å². The van der Waals surface area contributed by atoms with E-state index >= 15 is 0 Å². The molecule has 0 radical (unpaired) electrons. The van der Waals surface area contributed by atoms with E-state index in [1.54, 1.807) is 23.1 Å². The summed E-state index contributed by atoms with van der Waals surface area (Å²) >= 11 is 5.99. The molecule has 0 fully saturated rings. The quantitative estimate of drug-likeness (QED) is 0.777. The van der Waals surface area contributed by atoms with Crippen LogP contribution in [0.4, 0.5) is 5.69 Å². The van der Waals surface area contributed by atoms with Crippen molar-refractivity contribution >= 4 is 29.2 Å². The Bertz CT molecular complexity index is 508. The summed E-state index contributed by atoms with van der Waals surface area (Å²) in [4.78, 5) is 24.8. The molecule has 7 heteroatoms. The third-order valence-electron chi connectivity index (χ3n) is 2.83. The summed E-state index contributed by atoms with van der Waals surface area (Å²) < 4.78 is 9.62. The third kappa shape index (κ3) is 5.61. The summed E-state index contributed by atoms with van der Waals surface area (Å²) in [5.41, 5.74) is 0.569. The second-order valence-electron chi connectivity index (χ2n) is 4.28. The molecule has 21 heavy (non-hydrogen) atoms. The van der Waals surface area contributed by atoms with E-state index in [9.17, 15) is 9.59 Å². The van der Waals surface area contributed by atoms with Crippen molar-refractivity contribution < 1.29 is 19.1 Å². The minimum absolute atomic E-state index is 0.0732. The van der Waals surface area contributed by atoms with Crippen molar-refractivity contribution in [3.05, 3.63) is 23.2 Å². The fraction of sp³-hybridized carbons (Fsp3) is 0.429. The van der Waals surface area contributed by atoms with E-state index in [0.717, 1.165) is 0 Å². The van der Waals surface area contributed by atoms with Gasteiger partial charge in [-0.1, -0.05) is 18.5 Å². The fourth-order valence-corrected chi connectivity index (χ4v) is 1.93. The van der Waals surface area contributed by atoms with Crippen molar-refractivity contribution in [1.29, 1.82) is 0 Å². The van der Waals surface area contributed by atoms with Gasteiger partial charge in [0.05, 0.1) is 32.3 Å². The average molecular weight is 315 g/mol. The van der Waals surface area contributed by atoms with E-state index < -0.39 is 0 Å². The van der Waals surface area contributed by atoms with Gasteiger partial charge in [0.2, 0.25) is 5.91 Å². The molecule has 0 bridgehead atoms. The molecule has 0 aromatic heterocycles. The number of hydrogen-bond acceptors (Lipinski definition) is 5. The van der Waals surface area contributed by atoms with Gasteiger partial charge in [0.15, 0.2) is 0 Å². The molecule has 0 heterocycles. The molecule has 0 atom stereocenters. The first-order valence-electron chi connectivity index (χ1n) is 6.42. The van der Waals surface area contributed by atoms with Crippen LogP contribution in [0.1, 0.15) is 6.92 Å². The molecule has 0 unspecified atom stereocenters. The molecule has 0 spiro atoms. The number of amides is 1. The molecule has 1 N–H and O–H groups in total. The Morgan fingerprint density at radius 3 is 2.52 bits per heavy atom. The van der Waals surface area contributed by atoms with E-state index in [1.807, 2.05) is 6.92 Å². The number of anilines is 1. The van der Waals surface area contributed by atoms with Crippen LogP contribution in [-0.4, -0.2) is 50.6 Å². The van der Waals surface area contributed by atoms with Crippen LogP contribution < -0.4 is 10.1 Å². The summed E-state index contributed by atoms with van der Waals surface area (Å²) in [5.74, 6) is -0.0744.